The summed E-state index contributed by atoms with van der Waals surface area (Å²) in [5.41, 5.74) is 1.27. The van der Waals surface area contributed by atoms with Crippen LogP contribution in [0.4, 0.5) is 0 Å². The van der Waals surface area contributed by atoms with Gasteiger partial charge in [0.25, 0.3) is 0 Å². The molecule has 0 bridgehead atoms. The molecule has 130 valence electrons. The van der Waals surface area contributed by atoms with Crippen molar-refractivity contribution in [2.24, 2.45) is 0 Å². The summed E-state index contributed by atoms with van der Waals surface area (Å²) in [6.07, 6.45) is -0.957. The van der Waals surface area contributed by atoms with Gasteiger partial charge in [-0.05, 0) is 18.6 Å². The van der Waals surface area contributed by atoms with Crippen LogP contribution < -0.4 is 0 Å². The Labute approximate surface area is 146 Å². The molecule has 0 saturated carbocycles. The molecule has 1 atom stereocenters. The fraction of sp³-hybridized carbons (Fsp3) is 0.200. The van der Waals surface area contributed by atoms with Crippen LogP contribution in [0.15, 0.2) is 60.7 Å². The molecule has 25 heavy (non-hydrogen) atoms. The van der Waals surface area contributed by atoms with E-state index >= 15 is 0 Å². The largest absolute Gasteiger partial charge is 0.507 e. The zero-order chi connectivity index (χ0) is 18.4. The summed E-state index contributed by atoms with van der Waals surface area (Å²) in [7, 11) is 0. The van der Waals surface area contributed by atoms with Crippen molar-refractivity contribution < 1.29 is 24.5 Å². The maximum Gasteiger partial charge on any atom is 0.333 e. The quantitative estimate of drug-likeness (QED) is 0.460. The van der Waals surface area contributed by atoms with Crippen molar-refractivity contribution in [2.45, 2.75) is 19.4 Å². The lowest BCUT2D eigenvalue weighted by Gasteiger charge is -2.14. The van der Waals surface area contributed by atoms with Crippen LogP contribution in [0.25, 0.3) is 0 Å². The van der Waals surface area contributed by atoms with Gasteiger partial charge < -0.3 is 14.9 Å². The third-order valence-electron chi connectivity index (χ3n) is 3.61. The number of ketones is 1. The van der Waals surface area contributed by atoms with Gasteiger partial charge in [-0.15, -0.1) is 0 Å². The van der Waals surface area contributed by atoms with Crippen molar-refractivity contribution in [3.05, 3.63) is 77.4 Å². The van der Waals surface area contributed by atoms with Gasteiger partial charge in [0, 0.05) is 17.6 Å². The van der Waals surface area contributed by atoms with Crippen LogP contribution in [0, 0.1) is 0 Å². The standard InChI is InChI=1S/C20H20O5/c1-13(2)20(24)25-12-16(21)11-15-9-6-10-17(19(15)23)18(22)14-7-4-3-5-8-14/h3-10,16,21,23H,1,11-12H2,2H3. The Kier molecular flexibility index (Phi) is 6.08. The van der Waals surface area contributed by atoms with Gasteiger partial charge in [-0.3, -0.25) is 4.79 Å². The number of hydrogen-bond acceptors (Lipinski definition) is 5. The molecule has 0 radical (unpaired) electrons. The maximum atomic E-state index is 12.5. The van der Waals surface area contributed by atoms with E-state index < -0.39 is 12.1 Å². The first kappa shape index (κ1) is 18.4. The van der Waals surface area contributed by atoms with Crippen molar-refractivity contribution in [1.29, 1.82) is 0 Å². The van der Waals surface area contributed by atoms with Crippen LogP contribution in [-0.2, 0) is 16.0 Å². The lowest BCUT2D eigenvalue weighted by molar-refractivity contribution is -0.141. The van der Waals surface area contributed by atoms with Crippen molar-refractivity contribution in [1.82, 2.24) is 0 Å². The second kappa shape index (κ2) is 8.26. The molecule has 2 rings (SSSR count). The highest BCUT2D eigenvalue weighted by atomic mass is 16.5. The molecule has 1 unspecified atom stereocenters. The summed E-state index contributed by atoms with van der Waals surface area (Å²) in [6.45, 7) is 4.75. The molecule has 2 N–H and O–H groups in total. The van der Waals surface area contributed by atoms with Crippen LogP contribution in [0.1, 0.15) is 28.4 Å². The first-order valence-electron chi connectivity index (χ1n) is 7.81. The van der Waals surface area contributed by atoms with E-state index in [1.165, 1.54) is 13.0 Å². The molecule has 0 fully saturated rings. The smallest absolute Gasteiger partial charge is 0.333 e. The lowest BCUT2D eigenvalue weighted by atomic mass is 9.97. The van der Waals surface area contributed by atoms with E-state index in [4.69, 9.17) is 4.74 Å². The van der Waals surface area contributed by atoms with Gasteiger partial charge in [-0.25, -0.2) is 4.79 Å². The SMILES string of the molecule is C=C(C)C(=O)OCC(O)Cc1cccc(C(=O)c2ccccc2)c1O. The Hall–Kier alpha value is -2.92. The highest BCUT2D eigenvalue weighted by Crippen LogP contribution is 2.26. The van der Waals surface area contributed by atoms with Gasteiger partial charge in [0.1, 0.15) is 12.4 Å². The Morgan fingerprint density at radius 1 is 1.12 bits per heavy atom. The topological polar surface area (TPSA) is 83.8 Å². The fourth-order valence-corrected chi connectivity index (χ4v) is 2.29. The third kappa shape index (κ3) is 4.78. The molecule has 2 aromatic carbocycles. The number of phenols is 1. The molecule has 0 spiro atoms. The van der Waals surface area contributed by atoms with Crippen LogP contribution >= 0.6 is 0 Å². The number of carbonyl (C=O) groups is 2. The number of ether oxygens (including phenoxy) is 1. The minimum Gasteiger partial charge on any atom is -0.507 e. The normalized spacial score (nSPS) is 11.6. The minimum absolute atomic E-state index is 0.0468. The van der Waals surface area contributed by atoms with E-state index in [2.05, 4.69) is 6.58 Å². The van der Waals surface area contributed by atoms with Gasteiger partial charge >= 0.3 is 5.97 Å². The minimum atomic E-state index is -1.00. The monoisotopic (exact) mass is 340 g/mol. The molecule has 2 aromatic rings. The van der Waals surface area contributed by atoms with Crippen molar-refractivity contribution in [3.63, 3.8) is 0 Å². The molecule has 5 heteroatoms. The molecule has 0 amide bonds. The third-order valence-corrected chi connectivity index (χ3v) is 3.61. The van der Waals surface area contributed by atoms with E-state index in [1.807, 2.05) is 0 Å². The van der Waals surface area contributed by atoms with Crippen molar-refractivity contribution >= 4 is 11.8 Å². The molecular weight excluding hydrogens is 320 g/mol. The van der Waals surface area contributed by atoms with E-state index in [0.717, 1.165) is 0 Å². The predicted octanol–water partition coefficient (Wildman–Crippen LogP) is 2.65. The van der Waals surface area contributed by atoms with E-state index in [0.29, 0.717) is 11.1 Å². The average Bonchev–Trinajstić information content (AvgIpc) is 2.61. The molecular formula is C20H20O5. The van der Waals surface area contributed by atoms with Gasteiger partial charge in [0.05, 0.1) is 11.7 Å². The highest BCUT2D eigenvalue weighted by Gasteiger charge is 2.18. The number of aliphatic hydroxyl groups is 1. The van der Waals surface area contributed by atoms with Gasteiger partial charge in [-0.2, -0.15) is 0 Å². The van der Waals surface area contributed by atoms with Gasteiger partial charge in [-0.1, -0.05) is 49.0 Å². The van der Waals surface area contributed by atoms with E-state index in [1.54, 1.807) is 42.5 Å². The molecule has 5 nitrogen and oxygen atoms in total. The Morgan fingerprint density at radius 3 is 2.44 bits per heavy atom. The van der Waals surface area contributed by atoms with Crippen LogP contribution in [0.3, 0.4) is 0 Å². The predicted molar refractivity (Wildman–Crippen MR) is 93.5 cm³/mol. The summed E-state index contributed by atoms with van der Waals surface area (Å²) < 4.78 is 4.89. The molecule has 0 aliphatic rings. The fourth-order valence-electron chi connectivity index (χ4n) is 2.29. The molecule has 0 aliphatic heterocycles. The van der Waals surface area contributed by atoms with E-state index in [9.17, 15) is 19.8 Å². The Morgan fingerprint density at radius 2 is 1.80 bits per heavy atom. The summed E-state index contributed by atoms with van der Waals surface area (Å²) in [6, 6.07) is 13.4. The number of para-hydroxylation sites is 1. The summed E-state index contributed by atoms with van der Waals surface area (Å²) in [4.78, 5) is 23.8. The highest BCUT2D eigenvalue weighted by molar-refractivity contribution is 6.10. The summed E-state index contributed by atoms with van der Waals surface area (Å²) in [5.74, 6) is -1.07. The van der Waals surface area contributed by atoms with Crippen molar-refractivity contribution in [2.75, 3.05) is 6.61 Å². The van der Waals surface area contributed by atoms with Crippen LogP contribution in [0.5, 0.6) is 5.75 Å². The molecule has 0 saturated heterocycles. The summed E-state index contributed by atoms with van der Waals surface area (Å²) >= 11 is 0. The number of hydrogen-bond donors (Lipinski definition) is 2. The first-order valence-corrected chi connectivity index (χ1v) is 7.81. The molecule has 0 heterocycles. The average molecular weight is 340 g/mol. The van der Waals surface area contributed by atoms with Gasteiger partial charge in [0.15, 0.2) is 5.78 Å². The Bertz CT molecular complexity index is 780. The van der Waals surface area contributed by atoms with E-state index in [-0.39, 0.29) is 35.7 Å². The van der Waals surface area contributed by atoms with Crippen LogP contribution in [-0.4, -0.2) is 34.7 Å². The molecule has 0 aromatic heterocycles. The number of phenolic OH excluding ortho intramolecular Hbond substituents is 1. The second-order valence-electron chi connectivity index (χ2n) is 5.75. The summed E-state index contributed by atoms with van der Waals surface area (Å²) in [5, 5.41) is 20.4. The number of rotatable bonds is 7. The number of carbonyl (C=O) groups excluding carboxylic acids is 2. The van der Waals surface area contributed by atoms with Crippen molar-refractivity contribution in [3.8, 4) is 5.75 Å². The second-order valence-corrected chi connectivity index (χ2v) is 5.75. The number of esters is 1. The van der Waals surface area contributed by atoms with Gasteiger partial charge in [0.2, 0.25) is 0 Å². The Balaban J connectivity index is 2.11. The number of aromatic hydroxyl groups is 1. The first-order chi connectivity index (χ1) is 11.9. The zero-order valence-electron chi connectivity index (χ0n) is 13.9. The lowest BCUT2D eigenvalue weighted by Crippen LogP contribution is -2.21. The number of benzene rings is 2. The number of aliphatic hydroxyl groups excluding tert-OH is 1. The zero-order valence-corrected chi connectivity index (χ0v) is 13.9. The van der Waals surface area contributed by atoms with Crippen LogP contribution in [0.2, 0.25) is 0 Å². The molecule has 0 aliphatic carbocycles. The maximum absolute atomic E-state index is 12.5.